The molecule has 4 aliphatic carbocycles. The van der Waals surface area contributed by atoms with Gasteiger partial charge in [-0.25, -0.2) is 0 Å². The van der Waals surface area contributed by atoms with Crippen molar-refractivity contribution in [1.29, 1.82) is 0 Å². The molecule has 0 radical (unpaired) electrons. The van der Waals surface area contributed by atoms with Crippen molar-refractivity contribution in [2.24, 2.45) is 46.3 Å². The van der Waals surface area contributed by atoms with Gasteiger partial charge in [0, 0.05) is 12.3 Å². The number of fused-ring (bicyclic) bond motifs is 7. The number of rotatable bonds is 12. The Balaban J connectivity index is 0.853. The summed E-state index contributed by atoms with van der Waals surface area (Å²) in [6.45, 7) is 9.52. The highest BCUT2D eigenvalue weighted by atomic mass is 16.7. The molecular weight excluding hydrogens is 828 g/mol. The van der Waals surface area contributed by atoms with Crippen molar-refractivity contribution in [2.75, 3.05) is 19.8 Å². The summed E-state index contributed by atoms with van der Waals surface area (Å²) in [6.07, 6.45) is -13.8. The molecule has 4 heterocycles. The fraction of sp³-hybridized carbons (Fsp3) is 0.956. The third kappa shape index (κ3) is 8.46. The summed E-state index contributed by atoms with van der Waals surface area (Å²) < 4.78 is 41.7. The second-order valence-corrected chi connectivity index (χ2v) is 21.0. The van der Waals surface area contributed by atoms with Crippen LogP contribution in [0.4, 0.5) is 0 Å². The molecule has 0 unspecified atom stereocenters. The third-order valence-corrected chi connectivity index (χ3v) is 17.3. The van der Waals surface area contributed by atoms with Crippen molar-refractivity contribution in [3.8, 4) is 0 Å². The number of hydrogen-bond acceptors (Lipinski definition) is 18. The van der Waals surface area contributed by atoms with Crippen LogP contribution in [0.3, 0.4) is 0 Å². The minimum Gasteiger partial charge on any atom is -0.491 e. The van der Waals surface area contributed by atoms with E-state index < -0.39 is 111 Å². The van der Waals surface area contributed by atoms with E-state index in [-0.39, 0.29) is 47.4 Å². The largest absolute Gasteiger partial charge is 0.491 e. The van der Waals surface area contributed by atoms with Crippen molar-refractivity contribution in [2.45, 2.75) is 203 Å². The van der Waals surface area contributed by atoms with Gasteiger partial charge in [0.25, 0.3) is 0 Å². The Morgan fingerprint density at radius 3 is 2.03 bits per heavy atom. The van der Waals surface area contributed by atoms with Crippen LogP contribution in [0.25, 0.3) is 0 Å². The van der Waals surface area contributed by atoms with Gasteiger partial charge in [0.05, 0.1) is 43.9 Å². The van der Waals surface area contributed by atoms with E-state index in [1.165, 1.54) is 12.5 Å². The van der Waals surface area contributed by atoms with E-state index in [4.69, 9.17) is 33.2 Å². The molecule has 0 aromatic carbocycles. The molecule has 0 spiro atoms. The van der Waals surface area contributed by atoms with E-state index in [2.05, 4.69) is 20.8 Å². The van der Waals surface area contributed by atoms with Gasteiger partial charge in [-0.15, -0.1) is 0 Å². The summed E-state index contributed by atoms with van der Waals surface area (Å²) in [6, 6.07) is 0. The van der Waals surface area contributed by atoms with Crippen LogP contribution in [-0.4, -0.2) is 186 Å². The predicted octanol–water partition coefficient (Wildman–Crippen LogP) is -0.831. The van der Waals surface area contributed by atoms with Gasteiger partial charge in [0.1, 0.15) is 73.2 Å². The third-order valence-electron chi connectivity index (χ3n) is 17.3. The Labute approximate surface area is 369 Å². The molecule has 8 rings (SSSR count). The van der Waals surface area contributed by atoms with Crippen molar-refractivity contribution >= 4 is 0 Å². The maximum absolute atomic E-state index is 12.2. The van der Waals surface area contributed by atoms with Gasteiger partial charge in [-0.3, -0.25) is 0 Å². The Morgan fingerprint density at radius 1 is 0.683 bits per heavy atom. The number of aliphatic hydroxyl groups is 11. The molecule has 7 fully saturated rings. The number of ether oxygens (including phenoxy) is 7. The molecule has 63 heavy (non-hydrogen) atoms. The summed E-state index contributed by atoms with van der Waals surface area (Å²) in [5.74, 6) is 2.23. The molecule has 0 aromatic heterocycles. The molecule has 4 aliphatic heterocycles. The van der Waals surface area contributed by atoms with Crippen LogP contribution < -0.4 is 0 Å². The first-order valence-corrected chi connectivity index (χ1v) is 23.4. The standard InChI is InChI=1S/C45H74O18/c1-18(17-57-41-36(54)34(52)31(49)26(15-46)61-41)6-9-25-19(2)28-40(60-25)32(50)29-23-8-7-21-14-22(10-12-44(21,4)24(23)11-13-45(28,29)5)59-43-38(56)35(53)39(27(16-47)62-43)63-42-37(55)33(51)30(48)20(3)58-42/h18,20-24,26-43,46-56H,6-17H2,1-5H3/t18-,20-,21+,22-,23+,24-,26+,27+,28-,29+,30-,31+,32-,33+,34-,35+,36+,37+,38+,39+,40+,41+,42-,43+,44-,45+/m0/s1. The van der Waals surface area contributed by atoms with Crippen LogP contribution in [0.1, 0.15) is 92.4 Å². The van der Waals surface area contributed by atoms with Gasteiger partial charge in [0.15, 0.2) is 18.9 Å². The summed E-state index contributed by atoms with van der Waals surface area (Å²) in [5.41, 5.74) is 1.09. The zero-order valence-electron chi connectivity index (χ0n) is 37.1. The summed E-state index contributed by atoms with van der Waals surface area (Å²) in [5, 5.41) is 116. The van der Waals surface area contributed by atoms with Crippen LogP contribution in [0, 0.1) is 46.3 Å². The quantitative estimate of drug-likeness (QED) is 0.107. The number of aliphatic hydroxyl groups excluding tert-OH is 11. The lowest BCUT2D eigenvalue weighted by Crippen LogP contribution is -2.64. The fourth-order valence-corrected chi connectivity index (χ4v) is 13.7. The maximum Gasteiger partial charge on any atom is 0.187 e. The summed E-state index contributed by atoms with van der Waals surface area (Å²) >= 11 is 0. The van der Waals surface area contributed by atoms with Crippen LogP contribution in [-0.2, 0) is 33.2 Å². The van der Waals surface area contributed by atoms with Crippen LogP contribution >= 0.6 is 0 Å². The number of hydrogen-bond donors (Lipinski definition) is 11. The average molecular weight is 903 g/mol. The highest BCUT2D eigenvalue weighted by Gasteiger charge is 2.68. The van der Waals surface area contributed by atoms with Gasteiger partial charge >= 0.3 is 0 Å². The predicted molar refractivity (Wildman–Crippen MR) is 218 cm³/mol. The van der Waals surface area contributed by atoms with E-state index in [9.17, 15) is 56.2 Å². The number of allylic oxidation sites excluding steroid dienone is 1. The zero-order valence-corrected chi connectivity index (χ0v) is 37.1. The Kier molecular flexibility index (Phi) is 14.4. The molecule has 362 valence electrons. The molecule has 18 nitrogen and oxygen atoms in total. The van der Waals surface area contributed by atoms with Gasteiger partial charge in [-0.1, -0.05) is 20.8 Å². The average Bonchev–Trinajstić information content (AvgIpc) is 3.72. The zero-order chi connectivity index (χ0) is 45.4. The SMILES string of the molecule is CC1=C(CC[C@H](C)CO[C@@H]2O[C@H](CO)[C@@H](O)[C@H](O)[C@H]2O)O[C@H]2[C@@H](O)[C@H]3[C@@H]4CC[C@@H]5C[C@@H](O[C@@H]6O[C@H](CO)[C@@H](O[C@@H]7O[C@@H](C)[C@H](O)[C@@H](O)[C@H]7O)[C@H](O)[C@H]6O)CC[C@]5(C)[C@H]4CC[C@]3(C)[C@@H]12. The van der Waals surface area contributed by atoms with E-state index in [1.54, 1.807) is 0 Å². The maximum atomic E-state index is 12.2. The van der Waals surface area contributed by atoms with Gasteiger partial charge < -0.3 is 89.3 Å². The van der Waals surface area contributed by atoms with E-state index >= 15 is 0 Å². The Morgan fingerprint density at radius 2 is 1.32 bits per heavy atom. The molecule has 4 saturated carbocycles. The van der Waals surface area contributed by atoms with E-state index in [0.717, 1.165) is 50.7 Å². The second kappa shape index (κ2) is 18.7. The topological polar surface area (TPSA) is 287 Å². The molecule has 0 bridgehead atoms. The minimum absolute atomic E-state index is 0.0144. The highest BCUT2D eigenvalue weighted by Crippen LogP contribution is 2.70. The lowest BCUT2D eigenvalue weighted by atomic mass is 9.44. The summed E-state index contributed by atoms with van der Waals surface area (Å²) in [4.78, 5) is 0. The van der Waals surface area contributed by atoms with Crippen molar-refractivity contribution in [1.82, 2.24) is 0 Å². The lowest BCUT2D eigenvalue weighted by Gasteiger charge is -2.61. The van der Waals surface area contributed by atoms with Crippen molar-refractivity contribution < 1.29 is 89.3 Å². The van der Waals surface area contributed by atoms with Gasteiger partial charge in [0.2, 0.25) is 0 Å². The molecule has 3 saturated heterocycles. The van der Waals surface area contributed by atoms with Crippen LogP contribution in [0.2, 0.25) is 0 Å². The first-order valence-electron chi connectivity index (χ1n) is 23.4. The molecule has 26 atom stereocenters. The molecular formula is C45H74O18. The monoisotopic (exact) mass is 902 g/mol. The molecule has 0 amide bonds. The van der Waals surface area contributed by atoms with Crippen molar-refractivity contribution in [3.05, 3.63) is 11.3 Å². The first-order chi connectivity index (χ1) is 29.8. The van der Waals surface area contributed by atoms with Crippen LogP contribution in [0.15, 0.2) is 11.3 Å². The highest BCUT2D eigenvalue weighted by molar-refractivity contribution is 5.29. The molecule has 0 aromatic rings. The van der Waals surface area contributed by atoms with Gasteiger partial charge in [-0.05, 0) is 111 Å². The Bertz CT molecular complexity index is 1600. The van der Waals surface area contributed by atoms with Gasteiger partial charge in [-0.2, -0.15) is 0 Å². The molecule has 11 N–H and O–H groups in total. The lowest BCUT2D eigenvalue weighted by molar-refractivity contribution is -0.361. The normalized spacial score (nSPS) is 53.9. The fourth-order valence-electron chi connectivity index (χ4n) is 13.7. The summed E-state index contributed by atoms with van der Waals surface area (Å²) in [7, 11) is 0. The first kappa shape index (κ1) is 48.3. The van der Waals surface area contributed by atoms with E-state index in [0.29, 0.717) is 30.6 Å². The Hall–Kier alpha value is -1.14. The van der Waals surface area contributed by atoms with E-state index in [1.807, 2.05) is 6.92 Å². The molecule has 18 heteroatoms. The second-order valence-electron chi connectivity index (χ2n) is 21.0. The smallest absolute Gasteiger partial charge is 0.187 e. The van der Waals surface area contributed by atoms with Crippen molar-refractivity contribution in [3.63, 3.8) is 0 Å². The van der Waals surface area contributed by atoms with Crippen LogP contribution in [0.5, 0.6) is 0 Å². The minimum atomic E-state index is -1.64. The molecule has 8 aliphatic rings.